The highest BCUT2D eigenvalue weighted by Crippen LogP contribution is 2.11. The zero-order valence-electron chi connectivity index (χ0n) is 12.2. The fraction of sp³-hybridized carbons (Fsp3) is 0.533. The number of hydrogen-bond acceptors (Lipinski definition) is 4. The van der Waals surface area contributed by atoms with Crippen LogP contribution in [0.1, 0.15) is 23.6 Å². The summed E-state index contributed by atoms with van der Waals surface area (Å²) in [5.41, 5.74) is 2.18. The SMILES string of the molecule is Cc1cc(C#N)ccc1CNCC(C)(O)CN(C)C. The van der Waals surface area contributed by atoms with Crippen molar-refractivity contribution in [2.75, 3.05) is 27.2 Å². The second-order valence-corrected chi connectivity index (χ2v) is 5.59. The third-order valence-corrected chi connectivity index (χ3v) is 2.95. The maximum atomic E-state index is 10.2. The topological polar surface area (TPSA) is 59.3 Å². The van der Waals surface area contributed by atoms with Crippen molar-refractivity contribution >= 4 is 0 Å². The van der Waals surface area contributed by atoms with Crippen LogP contribution < -0.4 is 5.32 Å². The fourth-order valence-electron chi connectivity index (χ4n) is 2.17. The normalized spacial score (nSPS) is 14.2. The van der Waals surface area contributed by atoms with E-state index < -0.39 is 5.60 Å². The van der Waals surface area contributed by atoms with Gasteiger partial charge in [-0.2, -0.15) is 5.26 Å². The maximum Gasteiger partial charge on any atom is 0.0991 e. The summed E-state index contributed by atoms with van der Waals surface area (Å²) in [4.78, 5) is 1.97. The van der Waals surface area contributed by atoms with Crippen LogP contribution >= 0.6 is 0 Å². The fourth-order valence-corrected chi connectivity index (χ4v) is 2.17. The number of nitrogens with one attached hydrogen (secondary N) is 1. The number of nitriles is 1. The van der Waals surface area contributed by atoms with Gasteiger partial charge in [-0.15, -0.1) is 0 Å². The molecule has 104 valence electrons. The van der Waals surface area contributed by atoms with Gasteiger partial charge in [0.1, 0.15) is 0 Å². The number of aliphatic hydroxyl groups is 1. The van der Waals surface area contributed by atoms with Gasteiger partial charge in [0.2, 0.25) is 0 Å². The van der Waals surface area contributed by atoms with Crippen molar-refractivity contribution in [2.45, 2.75) is 26.0 Å². The highest BCUT2D eigenvalue weighted by Gasteiger charge is 2.20. The molecule has 0 bridgehead atoms. The molecule has 0 aliphatic carbocycles. The number of benzene rings is 1. The van der Waals surface area contributed by atoms with E-state index in [0.29, 0.717) is 25.2 Å². The van der Waals surface area contributed by atoms with Gasteiger partial charge in [-0.3, -0.25) is 0 Å². The van der Waals surface area contributed by atoms with Crippen molar-refractivity contribution in [3.63, 3.8) is 0 Å². The summed E-state index contributed by atoms with van der Waals surface area (Å²) >= 11 is 0. The number of rotatable bonds is 6. The number of likely N-dealkylation sites (N-methyl/N-ethyl adjacent to an activating group) is 1. The summed E-state index contributed by atoms with van der Waals surface area (Å²) < 4.78 is 0. The van der Waals surface area contributed by atoms with Crippen LogP contribution in [0.5, 0.6) is 0 Å². The van der Waals surface area contributed by atoms with Gasteiger partial charge in [0.15, 0.2) is 0 Å². The predicted octanol–water partition coefficient (Wildman–Crippen LogP) is 1.27. The molecule has 0 heterocycles. The smallest absolute Gasteiger partial charge is 0.0991 e. The van der Waals surface area contributed by atoms with Gasteiger partial charge in [-0.05, 0) is 51.2 Å². The molecule has 1 rings (SSSR count). The standard InChI is InChI=1S/C15H23N3O/c1-12-7-13(8-16)5-6-14(12)9-17-10-15(2,19)11-18(3)4/h5-7,17,19H,9-11H2,1-4H3. The van der Waals surface area contributed by atoms with Gasteiger partial charge >= 0.3 is 0 Å². The van der Waals surface area contributed by atoms with Crippen molar-refractivity contribution in [3.05, 3.63) is 34.9 Å². The Labute approximate surface area is 115 Å². The van der Waals surface area contributed by atoms with E-state index in [4.69, 9.17) is 5.26 Å². The van der Waals surface area contributed by atoms with E-state index in [1.54, 1.807) is 0 Å². The monoisotopic (exact) mass is 261 g/mol. The van der Waals surface area contributed by atoms with Crippen LogP contribution in [0.3, 0.4) is 0 Å². The number of hydrogen-bond donors (Lipinski definition) is 2. The number of aryl methyl sites for hydroxylation is 1. The largest absolute Gasteiger partial charge is 0.388 e. The van der Waals surface area contributed by atoms with E-state index in [2.05, 4.69) is 11.4 Å². The van der Waals surface area contributed by atoms with Crippen molar-refractivity contribution < 1.29 is 5.11 Å². The van der Waals surface area contributed by atoms with Crippen LogP contribution in [0, 0.1) is 18.3 Å². The Kier molecular flexibility index (Phi) is 5.49. The van der Waals surface area contributed by atoms with E-state index in [0.717, 1.165) is 11.1 Å². The molecule has 0 saturated carbocycles. The molecule has 1 aromatic rings. The lowest BCUT2D eigenvalue weighted by Gasteiger charge is -2.27. The van der Waals surface area contributed by atoms with Crippen LogP contribution in [0.4, 0.5) is 0 Å². The zero-order chi connectivity index (χ0) is 14.5. The summed E-state index contributed by atoms with van der Waals surface area (Å²) in [6.07, 6.45) is 0. The molecule has 1 unspecified atom stereocenters. The summed E-state index contributed by atoms with van der Waals surface area (Å²) in [5.74, 6) is 0. The molecular formula is C15H23N3O. The van der Waals surface area contributed by atoms with E-state index in [1.165, 1.54) is 0 Å². The van der Waals surface area contributed by atoms with Crippen molar-refractivity contribution in [1.29, 1.82) is 5.26 Å². The first-order chi connectivity index (χ1) is 8.84. The van der Waals surface area contributed by atoms with Gasteiger partial charge in [-0.25, -0.2) is 0 Å². The second-order valence-electron chi connectivity index (χ2n) is 5.59. The molecule has 0 aromatic heterocycles. The lowest BCUT2D eigenvalue weighted by Crippen LogP contribution is -2.45. The Hall–Kier alpha value is -1.41. The highest BCUT2D eigenvalue weighted by atomic mass is 16.3. The molecule has 0 amide bonds. The Morgan fingerprint density at radius 1 is 1.42 bits per heavy atom. The Morgan fingerprint density at radius 2 is 2.11 bits per heavy atom. The molecule has 0 radical (unpaired) electrons. The van der Waals surface area contributed by atoms with E-state index in [-0.39, 0.29) is 0 Å². The lowest BCUT2D eigenvalue weighted by atomic mass is 10.0. The molecular weight excluding hydrogens is 238 g/mol. The zero-order valence-corrected chi connectivity index (χ0v) is 12.2. The first kappa shape index (κ1) is 15.6. The molecule has 0 aliphatic rings. The minimum atomic E-state index is -0.746. The molecule has 19 heavy (non-hydrogen) atoms. The lowest BCUT2D eigenvalue weighted by molar-refractivity contribution is 0.0336. The summed E-state index contributed by atoms with van der Waals surface area (Å²) in [7, 11) is 3.89. The number of nitrogens with zero attached hydrogens (tertiary/aromatic N) is 2. The third kappa shape index (κ3) is 5.39. The summed E-state index contributed by atoms with van der Waals surface area (Å²) in [5, 5.41) is 22.2. The van der Waals surface area contributed by atoms with Gasteiger partial charge in [0, 0.05) is 19.6 Å². The van der Waals surface area contributed by atoms with Gasteiger partial charge in [-0.1, -0.05) is 6.07 Å². The molecule has 0 saturated heterocycles. The molecule has 0 aliphatic heterocycles. The van der Waals surface area contributed by atoms with Gasteiger partial charge in [0.05, 0.1) is 17.2 Å². The quantitative estimate of drug-likeness (QED) is 0.809. The minimum Gasteiger partial charge on any atom is -0.388 e. The molecule has 1 atom stereocenters. The molecule has 4 heteroatoms. The predicted molar refractivity (Wildman–Crippen MR) is 76.8 cm³/mol. The van der Waals surface area contributed by atoms with Gasteiger partial charge in [0.25, 0.3) is 0 Å². The maximum absolute atomic E-state index is 10.2. The van der Waals surface area contributed by atoms with E-state index >= 15 is 0 Å². The molecule has 0 fully saturated rings. The van der Waals surface area contributed by atoms with E-state index in [1.807, 2.05) is 51.0 Å². The third-order valence-electron chi connectivity index (χ3n) is 2.95. The summed E-state index contributed by atoms with van der Waals surface area (Å²) in [6.45, 7) is 5.67. The Morgan fingerprint density at radius 3 is 2.63 bits per heavy atom. The molecule has 4 nitrogen and oxygen atoms in total. The van der Waals surface area contributed by atoms with Crippen LogP contribution in [-0.2, 0) is 6.54 Å². The second kappa shape index (κ2) is 6.67. The Bertz CT molecular complexity index is 461. The minimum absolute atomic E-state index is 0.532. The average molecular weight is 261 g/mol. The Balaban J connectivity index is 2.52. The van der Waals surface area contributed by atoms with Crippen molar-refractivity contribution in [1.82, 2.24) is 10.2 Å². The first-order valence-corrected chi connectivity index (χ1v) is 6.41. The molecule has 0 spiro atoms. The van der Waals surface area contributed by atoms with Crippen molar-refractivity contribution in [2.24, 2.45) is 0 Å². The van der Waals surface area contributed by atoms with Crippen LogP contribution in [-0.4, -0.2) is 42.8 Å². The first-order valence-electron chi connectivity index (χ1n) is 6.41. The van der Waals surface area contributed by atoms with Crippen LogP contribution in [0.25, 0.3) is 0 Å². The van der Waals surface area contributed by atoms with E-state index in [9.17, 15) is 5.11 Å². The molecule has 2 N–H and O–H groups in total. The van der Waals surface area contributed by atoms with Crippen molar-refractivity contribution in [3.8, 4) is 6.07 Å². The van der Waals surface area contributed by atoms with Crippen LogP contribution in [0.15, 0.2) is 18.2 Å². The highest BCUT2D eigenvalue weighted by molar-refractivity contribution is 5.37. The molecule has 1 aromatic carbocycles. The van der Waals surface area contributed by atoms with Crippen LogP contribution in [0.2, 0.25) is 0 Å². The summed E-state index contributed by atoms with van der Waals surface area (Å²) in [6, 6.07) is 7.80. The van der Waals surface area contributed by atoms with Gasteiger partial charge < -0.3 is 15.3 Å². The average Bonchev–Trinajstić information content (AvgIpc) is 2.29.